The minimum absolute atomic E-state index is 0.594. The third-order valence-corrected chi connectivity index (χ3v) is 11.1. The van der Waals surface area contributed by atoms with Gasteiger partial charge in [0, 0.05) is 38.2 Å². The predicted molar refractivity (Wildman–Crippen MR) is 229 cm³/mol. The van der Waals surface area contributed by atoms with E-state index in [1.54, 1.807) is 0 Å². The molecule has 0 unspecified atom stereocenters. The number of benzene rings is 9. The Morgan fingerprint density at radius 3 is 1.62 bits per heavy atom. The van der Waals surface area contributed by atoms with Gasteiger partial charge in [-0.15, -0.1) is 0 Å². The number of aromatic nitrogens is 3. The fourth-order valence-corrected chi connectivity index (χ4v) is 8.49. The molecule has 0 radical (unpaired) electrons. The van der Waals surface area contributed by atoms with Gasteiger partial charge in [-0.3, -0.25) is 0 Å². The molecule has 0 aliphatic heterocycles. The van der Waals surface area contributed by atoms with Crippen LogP contribution in [0.5, 0.6) is 0 Å². The summed E-state index contributed by atoms with van der Waals surface area (Å²) in [6.45, 7) is 0. The highest BCUT2D eigenvalue weighted by atomic mass is 16.3. The van der Waals surface area contributed by atoms with Crippen LogP contribution in [0.4, 0.5) is 0 Å². The van der Waals surface area contributed by atoms with E-state index in [0.717, 1.165) is 87.9 Å². The van der Waals surface area contributed by atoms with E-state index in [9.17, 15) is 0 Å². The molecule has 0 atom stereocenters. The molecule has 0 N–H and O–H groups in total. The summed E-state index contributed by atoms with van der Waals surface area (Å²) in [4.78, 5) is 15.7. The van der Waals surface area contributed by atoms with Gasteiger partial charge in [-0.05, 0) is 79.8 Å². The lowest BCUT2D eigenvalue weighted by molar-refractivity contribution is 0.668. The summed E-state index contributed by atoms with van der Waals surface area (Å²) in [5.41, 5.74) is 8.44. The maximum absolute atomic E-state index is 6.29. The normalized spacial score (nSPS) is 11.9. The number of nitrogens with zero attached hydrogens (tertiary/aromatic N) is 3. The standard InChI is InChI=1S/C51H29N3O2/c1-2-11-35-33(10-1)29-42(38-13-4-3-12-37(35)38)51-53-49(52-50(54-51)41-16-9-19-45-48(41)40-15-6-8-18-44(40)55-45)31-22-20-30(21-23-31)32-24-26-36-34(28-32)25-27-46-47(36)39-14-5-7-17-43(39)56-46/h1-29H. The SMILES string of the molecule is c1ccc2c(c1)cc(-c1nc(-c3ccc(-c4ccc5c(ccc6oc7ccccc7c65)c4)cc3)nc(-c3cccc4oc5ccccc5c34)n1)c1ccccc12. The zero-order chi connectivity index (χ0) is 36.7. The molecular formula is C51H29N3O2. The molecule has 3 aromatic heterocycles. The Kier molecular flexibility index (Phi) is 6.56. The molecular weight excluding hydrogens is 687 g/mol. The van der Waals surface area contributed by atoms with Crippen molar-refractivity contribution < 1.29 is 8.83 Å². The Morgan fingerprint density at radius 2 is 0.839 bits per heavy atom. The van der Waals surface area contributed by atoms with E-state index in [1.165, 1.54) is 16.2 Å². The fourth-order valence-electron chi connectivity index (χ4n) is 8.49. The fraction of sp³-hybridized carbons (Fsp3) is 0. The largest absolute Gasteiger partial charge is 0.456 e. The number of fused-ring (bicyclic) bond motifs is 11. The molecule has 9 aromatic carbocycles. The second-order valence-corrected chi connectivity index (χ2v) is 14.3. The van der Waals surface area contributed by atoms with Crippen LogP contribution >= 0.6 is 0 Å². The second-order valence-electron chi connectivity index (χ2n) is 14.3. The highest BCUT2D eigenvalue weighted by Gasteiger charge is 2.20. The maximum Gasteiger partial charge on any atom is 0.164 e. The summed E-state index contributed by atoms with van der Waals surface area (Å²) in [6, 6.07) is 61.1. The third-order valence-electron chi connectivity index (χ3n) is 11.1. The predicted octanol–water partition coefficient (Wildman–Crippen LogP) is 13.8. The van der Waals surface area contributed by atoms with E-state index in [-0.39, 0.29) is 0 Å². The Morgan fingerprint density at radius 1 is 0.286 bits per heavy atom. The summed E-state index contributed by atoms with van der Waals surface area (Å²) in [5.74, 6) is 1.82. The molecule has 0 aliphatic carbocycles. The number of rotatable bonds is 4. The molecule has 0 saturated heterocycles. The molecule has 5 heteroatoms. The van der Waals surface area contributed by atoms with Gasteiger partial charge in [0.1, 0.15) is 22.3 Å². The van der Waals surface area contributed by atoms with E-state index in [4.69, 9.17) is 23.8 Å². The monoisotopic (exact) mass is 715 g/mol. The molecule has 5 nitrogen and oxygen atoms in total. The number of hydrogen-bond acceptors (Lipinski definition) is 5. The molecule has 56 heavy (non-hydrogen) atoms. The molecule has 0 saturated carbocycles. The third kappa shape index (κ3) is 4.71. The average Bonchev–Trinajstić information content (AvgIpc) is 3.85. The molecule has 0 aliphatic rings. The van der Waals surface area contributed by atoms with E-state index in [1.807, 2.05) is 42.5 Å². The van der Waals surface area contributed by atoms with Crippen molar-refractivity contribution in [3.63, 3.8) is 0 Å². The second kappa shape index (κ2) is 11.9. The van der Waals surface area contributed by atoms with Gasteiger partial charge in [0.15, 0.2) is 17.5 Å². The van der Waals surface area contributed by atoms with Crippen LogP contribution in [0.1, 0.15) is 0 Å². The summed E-state index contributed by atoms with van der Waals surface area (Å²) in [6.07, 6.45) is 0. The maximum atomic E-state index is 6.29. The van der Waals surface area contributed by atoms with Gasteiger partial charge in [0.2, 0.25) is 0 Å². The first-order valence-electron chi connectivity index (χ1n) is 18.8. The summed E-state index contributed by atoms with van der Waals surface area (Å²) in [5, 5.41) is 11.2. The Balaban J connectivity index is 1.03. The van der Waals surface area contributed by atoms with Crippen LogP contribution in [-0.2, 0) is 0 Å². The molecule has 0 bridgehead atoms. The topological polar surface area (TPSA) is 65.0 Å². The summed E-state index contributed by atoms with van der Waals surface area (Å²) >= 11 is 0. The van der Waals surface area contributed by atoms with Gasteiger partial charge in [0.05, 0.1) is 0 Å². The van der Waals surface area contributed by atoms with Gasteiger partial charge < -0.3 is 8.83 Å². The van der Waals surface area contributed by atoms with Crippen LogP contribution in [0.3, 0.4) is 0 Å². The van der Waals surface area contributed by atoms with Crippen molar-refractivity contribution in [1.29, 1.82) is 0 Å². The minimum atomic E-state index is 0.594. The molecule has 3 heterocycles. The van der Waals surface area contributed by atoms with Crippen LogP contribution in [0, 0.1) is 0 Å². The van der Waals surface area contributed by atoms with Crippen LogP contribution in [0.2, 0.25) is 0 Å². The van der Waals surface area contributed by atoms with E-state index >= 15 is 0 Å². The lowest BCUT2D eigenvalue weighted by Crippen LogP contribution is -2.01. The molecule has 12 aromatic rings. The van der Waals surface area contributed by atoms with E-state index in [2.05, 4.69) is 133 Å². The van der Waals surface area contributed by atoms with Crippen molar-refractivity contribution in [3.05, 3.63) is 176 Å². The number of hydrogen-bond donors (Lipinski definition) is 0. The minimum Gasteiger partial charge on any atom is -0.456 e. The highest BCUT2D eigenvalue weighted by molar-refractivity contribution is 6.19. The first-order chi connectivity index (χ1) is 27.7. The van der Waals surface area contributed by atoms with Gasteiger partial charge in [-0.2, -0.15) is 0 Å². The summed E-state index contributed by atoms with van der Waals surface area (Å²) in [7, 11) is 0. The first kappa shape index (κ1) is 30.8. The van der Waals surface area contributed by atoms with E-state index < -0.39 is 0 Å². The van der Waals surface area contributed by atoms with E-state index in [0.29, 0.717) is 17.5 Å². The smallest absolute Gasteiger partial charge is 0.164 e. The summed E-state index contributed by atoms with van der Waals surface area (Å²) < 4.78 is 12.5. The van der Waals surface area contributed by atoms with Crippen LogP contribution < -0.4 is 0 Å². The van der Waals surface area contributed by atoms with Crippen molar-refractivity contribution in [2.75, 3.05) is 0 Å². The Bertz CT molecular complexity index is 3540. The number of furan rings is 2. The highest BCUT2D eigenvalue weighted by Crippen LogP contribution is 2.40. The van der Waals surface area contributed by atoms with Crippen LogP contribution in [-0.4, -0.2) is 15.0 Å². The Hall–Kier alpha value is -7.63. The lowest BCUT2D eigenvalue weighted by Gasteiger charge is -2.13. The lowest BCUT2D eigenvalue weighted by atomic mass is 9.96. The Labute approximate surface area is 320 Å². The van der Waals surface area contributed by atoms with Crippen molar-refractivity contribution in [2.45, 2.75) is 0 Å². The zero-order valence-electron chi connectivity index (χ0n) is 29.9. The molecule has 260 valence electrons. The van der Waals surface area contributed by atoms with Crippen molar-refractivity contribution >= 4 is 76.2 Å². The first-order valence-corrected chi connectivity index (χ1v) is 18.8. The molecule has 12 rings (SSSR count). The van der Waals surface area contributed by atoms with Crippen molar-refractivity contribution in [1.82, 2.24) is 15.0 Å². The van der Waals surface area contributed by atoms with Crippen molar-refractivity contribution in [3.8, 4) is 45.3 Å². The molecule has 0 amide bonds. The van der Waals surface area contributed by atoms with Gasteiger partial charge in [0.25, 0.3) is 0 Å². The molecule has 0 spiro atoms. The van der Waals surface area contributed by atoms with Crippen LogP contribution in [0.25, 0.3) is 121 Å². The van der Waals surface area contributed by atoms with Gasteiger partial charge >= 0.3 is 0 Å². The average molecular weight is 716 g/mol. The van der Waals surface area contributed by atoms with Crippen LogP contribution in [0.15, 0.2) is 185 Å². The molecule has 0 fully saturated rings. The zero-order valence-corrected chi connectivity index (χ0v) is 29.9. The number of para-hydroxylation sites is 2. The van der Waals surface area contributed by atoms with Gasteiger partial charge in [-0.1, -0.05) is 140 Å². The quantitative estimate of drug-likeness (QED) is 0.170. The van der Waals surface area contributed by atoms with Crippen molar-refractivity contribution in [2.24, 2.45) is 0 Å². The van der Waals surface area contributed by atoms with Gasteiger partial charge in [-0.25, -0.2) is 15.0 Å².